The van der Waals surface area contributed by atoms with Gasteiger partial charge >= 0.3 is 0 Å². The Balaban J connectivity index is 3.17. The number of benzene rings is 1. The Kier molecular flexibility index (Phi) is 5.28. The number of nitrogens with one attached hydrogen (secondary N) is 1. The molecule has 0 bridgehead atoms. The van der Waals surface area contributed by atoms with Crippen molar-refractivity contribution in [3.63, 3.8) is 0 Å². The Bertz CT molecular complexity index is 537. The second-order valence-corrected chi connectivity index (χ2v) is 6.22. The van der Waals surface area contributed by atoms with Crippen molar-refractivity contribution in [1.82, 2.24) is 4.72 Å². The van der Waals surface area contributed by atoms with E-state index in [1.165, 1.54) is 6.07 Å². The number of aliphatic hydroxyl groups excluding tert-OH is 2. The Labute approximate surface area is 116 Å². The monoisotopic (exact) mass is 311 g/mol. The van der Waals surface area contributed by atoms with Gasteiger partial charge in [0.25, 0.3) is 0 Å². The second kappa shape index (κ2) is 6.15. The molecule has 0 saturated heterocycles. The number of sulfonamides is 1. The summed E-state index contributed by atoms with van der Waals surface area (Å²) >= 11 is 5.55. The molecule has 5 nitrogen and oxygen atoms in total. The lowest BCUT2D eigenvalue weighted by molar-refractivity contribution is 0.105. The minimum Gasteiger partial charge on any atom is -0.394 e. The maximum absolute atomic E-state index is 13.6. The molecule has 1 rings (SSSR count). The lowest BCUT2D eigenvalue weighted by atomic mass is 10.0. The molecule has 19 heavy (non-hydrogen) atoms. The van der Waals surface area contributed by atoms with Crippen molar-refractivity contribution in [3.05, 3.63) is 29.0 Å². The number of halogens is 2. The number of rotatable bonds is 6. The Hall–Kier alpha value is -0.730. The van der Waals surface area contributed by atoms with Crippen LogP contribution in [0.2, 0.25) is 5.02 Å². The fourth-order valence-electron chi connectivity index (χ4n) is 1.44. The van der Waals surface area contributed by atoms with Crippen molar-refractivity contribution in [2.45, 2.75) is 23.8 Å². The van der Waals surface area contributed by atoms with Crippen molar-refractivity contribution in [2.24, 2.45) is 0 Å². The zero-order chi connectivity index (χ0) is 14.7. The molecule has 0 aliphatic heterocycles. The summed E-state index contributed by atoms with van der Waals surface area (Å²) < 4.78 is 39.8. The third-order valence-corrected chi connectivity index (χ3v) is 4.66. The summed E-state index contributed by atoms with van der Waals surface area (Å²) in [6.45, 7) is 0.385. The second-order valence-electron chi connectivity index (χ2n) is 4.13. The summed E-state index contributed by atoms with van der Waals surface area (Å²) in [4.78, 5) is -0.586. The van der Waals surface area contributed by atoms with Gasteiger partial charge in [-0.25, -0.2) is 17.5 Å². The molecule has 0 aromatic heterocycles. The average Bonchev–Trinajstić information content (AvgIpc) is 2.35. The molecule has 0 radical (unpaired) electrons. The van der Waals surface area contributed by atoms with Gasteiger partial charge in [-0.3, -0.25) is 0 Å². The molecule has 0 aliphatic rings. The van der Waals surface area contributed by atoms with Crippen molar-refractivity contribution in [2.75, 3.05) is 13.2 Å². The van der Waals surface area contributed by atoms with Gasteiger partial charge in [-0.1, -0.05) is 18.5 Å². The van der Waals surface area contributed by atoms with Gasteiger partial charge in [-0.2, -0.15) is 0 Å². The molecule has 0 aliphatic carbocycles. The molecule has 1 aromatic carbocycles. The topological polar surface area (TPSA) is 86.6 Å². The van der Waals surface area contributed by atoms with E-state index in [2.05, 4.69) is 4.72 Å². The van der Waals surface area contributed by atoms with Gasteiger partial charge in [0.2, 0.25) is 10.0 Å². The van der Waals surface area contributed by atoms with E-state index in [1.807, 2.05) is 0 Å². The molecule has 8 heteroatoms. The summed E-state index contributed by atoms with van der Waals surface area (Å²) in [6.07, 6.45) is 0.147. The number of aliphatic hydroxyl groups is 2. The van der Waals surface area contributed by atoms with E-state index in [9.17, 15) is 23.0 Å². The van der Waals surface area contributed by atoms with Crippen molar-refractivity contribution >= 4 is 21.6 Å². The normalized spacial score (nSPS) is 12.7. The Morgan fingerprint density at radius 2 is 1.95 bits per heavy atom. The first-order valence-electron chi connectivity index (χ1n) is 5.51. The van der Waals surface area contributed by atoms with Crippen LogP contribution in [0.1, 0.15) is 13.3 Å². The van der Waals surface area contributed by atoms with E-state index in [-0.39, 0.29) is 11.4 Å². The van der Waals surface area contributed by atoms with Crippen LogP contribution in [-0.4, -0.2) is 37.4 Å². The van der Waals surface area contributed by atoms with E-state index in [1.54, 1.807) is 6.92 Å². The van der Waals surface area contributed by atoms with Crippen LogP contribution in [0.4, 0.5) is 4.39 Å². The summed E-state index contributed by atoms with van der Waals surface area (Å²) in [7, 11) is -4.21. The third kappa shape index (κ3) is 3.64. The molecule has 3 N–H and O–H groups in total. The Morgan fingerprint density at radius 3 is 2.37 bits per heavy atom. The zero-order valence-corrected chi connectivity index (χ0v) is 11.8. The molecule has 0 fully saturated rings. The van der Waals surface area contributed by atoms with Crippen molar-refractivity contribution in [1.29, 1.82) is 0 Å². The van der Waals surface area contributed by atoms with Gasteiger partial charge in [0.1, 0.15) is 10.7 Å². The molecule has 0 amide bonds. The summed E-state index contributed by atoms with van der Waals surface area (Å²) in [5.74, 6) is -0.999. The molecule has 0 unspecified atom stereocenters. The lowest BCUT2D eigenvalue weighted by Crippen LogP contribution is -2.53. The minimum absolute atomic E-state index is 0.0718. The molecular formula is C11H15ClFNO4S. The zero-order valence-electron chi connectivity index (χ0n) is 10.2. The summed E-state index contributed by atoms with van der Waals surface area (Å²) in [6, 6.07) is 3.14. The van der Waals surface area contributed by atoms with Gasteiger partial charge in [-0.15, -0.1) is 0 Å². The highest BCUT2D eigenvalue weighted by molar-refractivity contribution is 7.89. The molecule has 0 heterocycles. The highest BCUT2D eigenvalue weighted by Crippen LogP contribution is 2.21. The van der Waals surface area contributed by atoms with Gasteiger partial charge < -0.3 is 10.2 Å². The molecule has 0 saturated carbocycles. The van der Waals surface area contributed by atoms with Crippen molar-refractivity contribution in [3.8, 4) is 0 Å². The van der Waals surface area contributed by atoms with Crippen LogP contribution in [0.3, 0.4) is 0 Å². The molecule has 0 atom stereocenters. The Morgan fingerprint density at radius 1 is 1.37 bits per heavy atom. The van der Waals surface area contributed by atoms with Gasteiger partial charge in [0.05, 0.1) is 18.8 Å². The van der Waals surface area contributed by atoms with E-state index in [4.69, 9.17) is 11.6 Å². The first-order chi connectivity index (χ1) is 8.80. The van der Waals surface area contributed by atoms with Gasteiger partial charge in [0.15, 0.2) is 0 Å². The third-order valence-electron chi connectivity index (χ3n) is 2.82. The highest BCUT2D eigenvalue weighted by atomic mass is 35.5. The highest BCUT2D eigenvalue weighted by Gasteiger charge is 2.33. The van der Waals surface area contributed by atoms with Gasteiger partial charge in [0, 0.05) is 5.02 Å². The van der Waals surface area contributed by atoms with E-state index < -0.39 is 39.5 Å². The van der Waals surface area contributed by atoms with Gasteiger partial charge in [-0.05, 0) is 24.6 Å². The van der Waals surface area contributed by atoms with Crippen molar-refractivity contribution < 1.29 is 23.0 Å². The smallest absolute Gasteiger partial charge is 0.244 e. The fraction of sp³-hybridized carbons (Fsp3) is 0.455. The quantitative estimate of drug-likeness (QED) is 0.728. The molecule has 0 spiro atoms. The first-order valence-corrected chi connectivity index (χ1v) is 7.37. The molecule has 1 aromatic rings. The van der Waals surface area contributed by atoms with Crippen LogP contribution in [0.25, 0.3) is 0 Å². The first kappa shape index (κ1) is 16.3. The average molecular weight is 312 g/mol. The van der Waals surface area contributed by atoms with E-state index in [0.717, 1.165) is 12.1 Å². The van der Waals surface area contributed by atoms with Crippen LogP contribution in [0, 0.1) is 5.82 Å². The summed E-state index contributed by atoms with van der Waals surface area (Å²) in [5, 5.41) is 18.5. The van der Waals surface area contributed by atoms with Crippen LogP contribution in [0.5, 0.6) is 0 Å². The lowest BCUT2D eigenvalue weighted by Gasteiger charge is -2.29. The maximum atomic E-state index is 13.6. The van der Waals surface area contributed by atoms with Crippen LogP contribution in [0.15, 0.2) is 23.1 Å². The standard InChI is InChI=1S/C11H15ClFNO4S/c1-2-11(6-15,7-16)14-19(17,18)10-4-3-8(12)5-9(10)13/h3-5,14-16H,2,6-7H2,1H3. The summed E-state index contributed by atoms with van der Waals surface area (Å²) in [5.41, 5.74) is -1.43. The predicted octanol–water partition coefficient (Wildman–Crippen LogP) is 0.891. The number of hydrogen-bond acceptors (Lipinski definition) is 4. The largest absolute Gasteiger partial charge is 0.394 e. The molecule has 108 valence electrons. The molecular weight excluding hydrogens is 297 g/mol. The minimum atomic E-state index is -4.21. The predicted molar refractivity (Wildman–Crippen MR) is 68.9 cm³/mol. The van der Waals surface area contributed by atoms with Crippen LogP contribution in [-0.2, 0) is 10.0 Å². The van der Waals surface area contributed by atoms with Crippen LogP contribution >= 0.6 is 11.6 Å². The SMILES string of the molecule is CCC(CO)(CO)NS(=O)(=O)c1ccc(Cl)cc1F. The fourth-order valence-corrected chi connectivity index (χ4v) is 3.12. The van der Waals surface area contributed by atoms with E-state index in [0.29, 0.717) is 0 Å². The maximum Gasteiger partial charge on any atom is 0.244 e. The van der Waals surface area contributed by atoms with Crippen LogP contribution < -0.4 is 4.72 Å². The van der Waals surface area contributed by atoms with E-state index >= 15 is 0 Å². The number of hydrogen-bond donors (Lipinski definition) is 3.